The molecule has 4 nitrogen and oxygen atoms in total. The van der Waals surface area contributed by atoms with Crippen molar-refractivity contribution in [3.8, 4) is 0 Å². The van der Waals surface area contributed by atoms with E-state index in [1.165, 1.54) is 23.5 Å². The predicted octanol–water partition coefficient (Wildman–Crippen LogP) is 3.14. The highest BCUT2D eigenvalue weighted by molar-refractivity contribution is 5.88. The molecule has 2 aromatic rings. The molecular formula is C15H17NO3. The second kappa shape index (κ2) is 5.71. The van der Waals surface area contributed by atoms with Crippen LogP contribution >= 0.6 is 0 Å². The molecule has 0 saturated heterocycles. The number of benzene rings is 1. The molecule has 0 unspecified atom stereocenters. The third-order valence-electron chi connectivity index (χ3n) is 3.09. The van der Waals surface area contributed by atoms with Crippen molar-refractivity contribution in [3.05, 3.63) is 59.0 Å². The van der Waals surface area contributed by atoms with E-state index in [0.29, 0.717) is 12.3 Å². The molecule has 0 aliphatic carbocycles. The van der Waals surface area contributed by atoms with Crippen LogP contribution in [0.2, 0.25) is 0 Å². The van der Waals surface area contributed by atoms with Gasteiger partial charge in [-0.1, -0.05) is 29.8 Å². The Morgan fingerprint density at radius 3 is 2.89 bits per heavy atom. The van der Waals surface area contributed by atoms with E-state index in [2.05, 4.69) is 11.4 Å². The van der Waals surface area contributed by atoms with Crippen LogP contribution in [0.15, 0.2) is 41.0 Å². The summed E-state index contributed by atoms with van der Waals surface area (Å²) >= 11 is 0. The van der Waals surface area contributed by atoms with Gasteiger partial charge in [0.2, 0.25) is 0 Å². The van der Waals surface area contributed by atoms with Gasteiger partial charge >= 0.3 is 5.97 Å². The normalized spacial score (nSPS) is 12.3. The quantitative estimate of drug-likeness (QED) is 0.866. The number of carbonyl (C=O) groups is 1. The van der Waals surface area contributed by atoms with E-state index in [0.717, 1.165) is 0 Å². The molecule has 0 amide bonds. The Bertz CT molecular complexity index is 574. The minimum Gasteiger partial charge on any atom is -0.478 e. The Kier molecular flexibility index (Phi) is 4.02. The van der Waals surface area contributed by atoms with Crippen LogP contribution in [-0.4, -0.2) is 11.1 Å². The first kappa shape index (κ1) is 13.4. The lowest BCUT2D eigenvalue weighted by Crippen LogP contribution is -2.19. The first-order valence-corrected chi connectivity index (χ1v) is 6.17. The van der Waals surface area contributed by atoms with Gasteiger partial charge in [0.1, 0.15) is 11.3 Å². The topological polar surface area (TPSA) is 62.5 Å². The first-order valence-electron chi connectivity index (χ1n) is 6.17. The minimum absolute atomic E-state index is 0.131. The van der Waals surface area contributed by atoms with Gasteiger partial charge in [0, 0.05) is 6.04 Å². The summed E-state index contributed by atoms with van der Waals surface area (Å²) in [6.07, 6.45) is 1.40. The molecule has 0 radical (unpaired) electrons. The Morgan fingerprint density at radius 2 is 2.21 bits per heavy atom. The molecule has 100 valence electrons. The van der Waals surface area contributed by atoms with Gasteiger partial charge in [-0.3, -0.25) is 0 Å². The van der Waals surface area contributed by atoms with E-state index < -0.39 is 5.97 Å². The molecule has 0 spiro atoms. The number of carboxylic acid groups (broad SMARTS) is 1. The fourth-order valence-corrected chi connectivity index (χ4v) is 1.97. The van der Waals surface area contributed by atoms with E-state index >= 15 is 0 Å². The highest BCUT2D eigenvalue weighted by Gasteiger charge is 2.14. The molecule has 1 aromatic carbocycles. The molecule has 0 fully saturated rings. The number of furan rings is 1. The van der Waals surface area contributed by atoms with Crippen LogP contribution in [0.4, 0.5) is 0 Å². The first-order chi connectivity index (χ1) is 9.08. The number of aryl methyl sites for hydroxylation is 1. The molecule has 1 atom stereocenters. The zero-order valence-corrected chi connectivity index (χ0v) is 11.0. The molecule has 0 bridgehead atoms. The highest BCUT2D eigenvalue weighted by atomic mass is 16.4. The fraction of sp³-hybridized carbons (Fsp3) is 0.267. The SMILES string of the molecule is Cc1cccc([C@@H](C)NCc2occc2C(=O)O)c1. The highest BCUT2D eigenvalue weighted by Crippen LogP contribution is 2.16. The number of nitrogens with one attached hydrogen (secondary N) is 1. The summed E-state index contributed by atoms with van der Waals surface area (Å²) in [4.78, 5) is 11.0. The summed E-state index contributed by atoms with van der Waals surface area (Å²) in [5.74, 6) is -0.513. The van der Waals surface area contributed by atoms with Crippen LogP contribution in [0, 0.1) is 6.92 Å². The maximum Gasteiger partial charge on any atom is 0.339 e. The average Bonchev–Trinajstić information content (AvgIpc) is 2.84. The van der Waals surface area contributed by atoms with Crippen LogP contribution in [0.5, 0.6) is 0 Å². The Balaban J connectivity index is 2.02. The van der Waals surface area contributed by atoms with Gasteiger partial charge < -0.3 is 14.8 Å². The van der Waals surface area contributed by atoms with Crippen molar-refractivity contribution in [2.75, 3.05) is 0 Å². The largest absolute Gasteiger partial charge is 0.478 e. The molecule has 19 heavy (non-hydrogen) atoms. The third-order valence-corrected chi connectivity index (χ3v) is 3.09. The van der Waals surface area contributed by atoms with E-state index in [1.54, 1.807) is 0 Å². The van der Waals surface area contributed by atoms with Gasteiger partial charge in [0.05, 0.1) is 12.8 Å². The van der Waals surface area contributed by atoms with Gasteiger partial charge in [-0.15, -0.1) is 0 Å². The summed E-state index contributed by atoms with van der Waals surface area (Å²) in [7, 11) is 0. The Labute approximate surface area is 112 Å². The molecule has 1 aromatic heterocycles. The number of rotatable bonds is 5. The van der Waals surface area contributed by atoms with Crippen molar-refractivity contribution in [2.45, 2.75) is 26.4 Å². The van der Waals surface area contributed by atoms with Crippen LogP contribution in [0.1, 0.15) is 40.2 Å². The van der Waals surface area contributed by atoms with Gasteiger partial charge in [-0.25, -0.2) is 4.79 Å². The van der Waals surface area contributed by atoms with Gasteiger partial charge in [-0.2, -0.15) is 0 Å². The van der Waals surface area contributed by atoms with Crippen molar-refractivity contribution in [1.82, 2.24) is 5.32 Å². The molecule has 2 rings (SSSR count). The Hall–Kier alpha value is -2.07. The van der Waals surface area contributed by atoms with Crippen molar-refractivity contribution in [3.63, 3.8) is 0 Å². The van der Waals surface area contributed by atoms with Crippen molar-refractivity contribution >= 4 is 5.97 Å². The third kappa shape index (κ3) is 3.23. The van der Waals surface area contributed by atoms with E-state index in [1.807, 2.05) is 32.0 Å². The van der Waals surface area contributed by atoms with E-state index in [-0.39, 0.29) is 11.6 Å². The molecular weight excluding hydrogens is 242 g/mol. The zero-order valence-electron chi connectivity index (χ0n) is 11.0. The minimum atomic E-state index is -0.964. The maximum absolute atomic E-state index is 11.0. The molecule has 1 heterocycles. The number of aromatic carboxylic acids is 1. The average molecular weight is 259 g/mol. The lowest BCUT2D eigenvalue weighted by atomic mass is 10.1. The van der Waals surface area contributed by atoms with Crippen LogP contribution in [-0.2, 0) is 6.54 Å². The summed E-state index contributed by atoms with van der Waals surface area (Å²) in [5, 5.41) is 12.3. The van der Waals surface area contributed by atoms with Crippen LogP contribution in [0.25, 0.3) is 0 Å². The predicted molar refractivity (Wildman–Crippen MR) is 72.1 cm³/mol. The van der Waals surface area contributed by atoms with Gasteiger partial charge in [0.25, 0.3) is 0 Å². The Morgan fingerprint density at radius 1 is 1.42 bits per heavy atom. The molecule has 4 heteroatoms. The summed E-state index contributed by atoms with van der Waals surface area (Å²) < 4.78 is 5.19. The molecule has 0 aliphatic rings. The van der Waals surface area contributed by atoms with Crippen molar-refractivity contribution < 1.29 is 14.3 Å². The molecule has 2 N–H and O–H groups in total. The molecule has 0 aliphatic heterocycles. The second-order valence-electron chi connectivity index (χ2n) is 4.58. The van der Waals surface area contributed by atoms with Gasteiger partial charge in [-0.05, 0) is 25.5 Å². The van der Waals surface area contributed by atoms with Crippen molar-refractivity contribution in [1.29, 1.82) is 0 Å². The zero-order chi connectivity index (χ0) is 13.8. The lowest BCUT2D eigenvalue weighted by molar-refractivity contribution is 0.0694. The number of carboxylic acids is 1. The van der Waals surface area contributed by atoms with E-state index in [4.69, 9.17) is 9.52 Å². The summed E-state index contributed by atoms with van der Waals surface area (Å²) in [6.45, 7) is 4.48. The van der Waals surface area contributed by atoms with Crippen molar-refractivity contribution in [2.24, 2.45) is 0 Å². The fourth-order valence-electron chi connectivity index (χ4n) is 1.97. The standard InChI is InChI=1S/C15H17NO3/c1-10-4-3-5-12(8-10)11(2)16-9-14-13(15(17)18)6-7-19-14/h3-8,11,16H,9H2,1-2H3,(H,17,18)/t11-/m1/s1. The van der Waals surface area contributed by atoms with Gasteiger partial charge in [0.15, 0.2) is 0 Å². The monoisotopic (exact) mass is 259 g/mol. The molecule has 0 saturated carbocycles. The van der Waals surface area contributed by atoms with Crippen LogP contribution in [0.3, 0.4) is 0 Å². The smallest absolute Gasteiger partial charge is 0.339 e. The lowest BCUT2D eigenvalue weighted by Gasteiger charge is -2.14. The maximum atomic E-state index is 11.0. The van der Waals surface area contributed by atoms with E-state index in [9.17, 15) is 4.79 Å². The van der Waals surface area contributed by atoms with Crippen LogP contribution < -0.4 is 5.32 Å². The summed E-state index contributed by atoms with van der Waals surface area (Å²) in [6, 6.07) is 9.81. The second-order valence-corrected chi connectivity index (χ2v) is 4.58. The summed E-state index contributed by atoms with van der Waals surface area (Å²) in [5.41, 5.74) is 2.59. The number of hydrogen-bond donors (Lipinski definition) is 2. The number of hydrogen-bond acceptors (Lipinski definition) is 3.